The van der Waals surface area contributed by atoms with E-state index in [9.17, 15) is 18.3 Å². The van der Waals surface area contributed by atoms with Gasteiger partial charge >= 0.3 is 0 Å². The molecular formula is C19H17N2O4S2-. The first-order valence-corrected chi connectivity index (χ1v) is 10.5. The molecule has 0 fully saturated rings. The summed E-state index contributed by atoms with van der Waals surface area (Å²) in [7, 11) is -3.75. The molecule has 0 atom stereocenters. The molecule has 0 spiro atoms. The van der Waals surface area contributed by atoms with Crippen LogP contribution in [-0.2, 0) is 21.2 Å². The number of aromatic nitrogens is 1. The molecule has 3 rings (SSSR count). The van der Waals surface area contributed by atoms with Crippen LogP contribution in [0.4, 0.5) is 5.69 Å². The summed E-state index contributed by atoms with van der Waals surface area (Å²) in [6.07, 6.45) is 0.193. The van der Waals surface area contributed by atoms with Gasteiger partial charge in [-0.3, -0.25) is 4.72 Å². The van der Waals surface area contributed by atoms with Gasteiger partial charge in [-0.1, -0.05) is 24.3 Å². The molecule has 8 heteroatoms. The summed E-state index contributed by atoms with van der Waals surface area (Å²) < 4.78 is 27.8. The Bertz CT molecular complexity index is 1060. The van der Waals surface area contributed by atoms with E-state index in [2.05, 4.69) is 9.71 Å². The van der Waals surface area contributed by atoms with Crippen LogP contribution in [0.15, 0.2) is 58.8 Å². The monoisotopic (exact) mass is 401 g/mol. The summed E-state index contributed by atoms with van der Waals surface area (Å²) in [5.74, 6) is -1.14. The van der Waals surface area contributed by atoms with Gasteiger partial charge < -0.3 is 9.90 Å². The Morgan fingerprint density at radius 3 is 2.56 bits per heavy atom. The Labute approximate surface area is 161 Å². The molecule has 0 amide bonds. The number of benzene rings is 2. The number of carboxylic acid groups (broad SMARTS) is 1. The van der Waals surface area contributed by atoms with E-state index in [0.29, 0.717) is 12.1 Å². The van der Waals surface area contributed by atoms with Crippen LogP contribution >= 0.6 is 11.3 Å². The molecule has 1 N–H and O–H groups in total. The second kappa shape index (κ2) is 7.89. The number of rotatable bonds is 7. The highest BCUT2D eigenvalue weighted by atomic mass is 32.2. The van der Waals surface area contributed by atoms with E-state index in [1.807, 2.05) is 18.4 Å². The lowest BCUT2D eigenvalue weighted by atomic mass is 10.1. The van der Waals surface area contributed by atoms with Crippen LogP contribution in [0.2, 0.25) is 0 Å². The lowest BCUT2D eigenvalue weighted by Crippen LogP contribution is -2.22. The number of hydrogen-bond donors (Lipinski definition) is 1. The number of carboxylic acids is 1. The maximum Gasteiger partial charge on any atom is 0.261 e. The van der Waals surface area contributed by atoms with Crippen molar-refractivity contribution >= 4 is 33.0 Å². The lowest BCUT2D eigenvalue weighted by molar-refractivity contribution is -0.305. The van der Waals surface area contributed by atoms with Crippen molar-refractivity contribution in [3.05, 3.63) is 64.5 Å². The molecule has 0 unspecified atom stereocenters. The van der Waals surface area contributed by atoms with Gasteiger partial charge in [0.25, 0.3) is 10.0 Å². The van der Waals surface area contributed by atoms with Crippen molar-refractivity contribution < 1.29 is 18.3 Å². The number of nitrogens with one attached hydrogen (secondary N) is 1. The van der Waals surface area contributed by atoms with E-state index < -0.39 is 16.0 Å². The van der Waals surface area contributed by atoms with Crippen molar-refractivity contribution in [3.8, 4) is 11.3 Å². The standard InChI is InChI=1S/C19H18N2O4S2/c1-13-20-18(12-26-13)15-3-2-4-16(11-15)21-27(24,25)17-8-5-14(6-9-17)7-10-19(22)23/h2-6,8-9,11-12,21H,7,10H2,1H3,(H,22,23)/p-1. The minimum atomic E-state index is -3.75. The summed E-state index contributed by atoms with van der Waals surface area (Å²) in [5, 5.41) is 13.4. The van der Waals surface area contributed by atoms with Gasteiger partial charge in [-0.05, 0) is 49.6 Å². The zero-order chi connectivity index (χ0) is 19.4. The normalized spacial score (nSPS) is 11.3. The number of thiazole rings is 1. The summed E-state index contributed by atoms with van der Waals surface area (Å²) >= 11 is 1.53. The molecule has 0 aliphatic heterocycles. The number of anilines is 1. The highest BCUT2D eigenvalue weighted by molar-refractivity contribution is 7.92. The fourth-order valence-corrected chi connectivity index (χ4v) is 4.21. The van der Waals surface area contributed by atoms with E-state index in [1.165, 1.54) is 23.5 Å². The molecule has 0 aliphatic carbocycles. The molecule has 3 aromatic rings. The van der Waals surface area contributed by atoms with E-state index >= 15 is 0 Å². The second-order valence-corrected chi connectivity index (χ2v) is 8.70. The van der Waals surface area contributed by atoms with Gasteiger partial charge in [0.05, 0.1) is 15.6 Å². The van der Waals surface area contributed by atoms with Gasteiger partial charge in [-0.15, -0.1) is 11.3 Å². The van der Waals surface area contributed by atoms with Crippen molar-refractivity contribution in [2.24, 2.45) is 0 Å². The van der Waals surface area contributed by atoms with Crippen molar-refractivity contribution in [2.75, 3.05) is 4.72 Å². The van der Waals surface area contributed by atoms with Crippen molar-refractivity contribution in [2.45, 2.75) is 24.7 Å². The van der Waals surface area contributed by atoms with Gasteiger partial charge in [0.1, 0.15) is 0 Å². The van der Waals surface area contributed by atoms with Crippen LogP contribution < -0.4 is 9.83 Å². The van der Waals surface area contributed by atoms with Crippen LogP contribution in [0.25, 0.3) is 11.3 Å². The van der Waals surface area contributed by atoms with Gasteiger partial charge in [0.2, 0.25) is 0 Å². The van der Waals surface area contributed by atoms with Crippen LogP contribution in [-0.4, -0.2) is 19.4 Å². The summed E-state index contributed by atoms with van der Waals surface area (Å²) in [6.45, 7) is 1.91. The summed E-state index contributed by atoms with van der Waals surface area (Å²) in [5.41, 5.74) is 2.81. The largest absolute Gasteiger partial charge is 0.550 e. The fraction of sp³-hybridized carbons (Fsp3) is 0.158. The predicted octanol–water partition coefficient (Wildman–Crippen LogP) is 2.60. The molecule has 0 saturated carbocycles. The zero-order valence-electron chi connectivity index (χ0n) is 14.5. The molecule has 0 radical (unpaired) electrons. The van der Waals surface area contributed by atoms with Crippen molar-refractivity contribution in [1.82, 2.24) is 4.98 Å². The number of sulfonamides is 1. The molecule has 0 saturated heterocycles. The maximum atomic E-state index is 12.6. The van der Waals surface area contributed by atoms with Crippen LogP contribution in [0, 0.1) is 6.92 Å². The number of carbonyl (C=O) groups excluding carboxylic acids is 1. The molecule has 2 aromatic carbocycles. The van der Waals surface area contributed by atoms with Crippen LogP contribution in [0.5, 0.6) is 0 Å². The number of aliphatic carboxylic acids is 1. The Morgan fingerprint density at radius 2 is 1.93 bits per heavy atom. The van der Waals surface area contributed by atoms with Gasteiger partial charge in [0, 0.05) is 22.6 Å². The molecular weight excluding hydrogens is 384 g/mol. The first-order chi connectivity index (χ1) is 12.8. The lowest BCUT2D eigenvalue weighted by Gasteiger charge is -2.10. The molecule has 1 aromatic heterocycles. The molecule has 6 nitrogen and oxygen atoms in total. The number of hydrogen-bond acceptors (Lipinski definition) is 6. The number of nitrogens with zero attached hydrogens (tertiary/aromatic N) is 1. The highest BCUT2D eigenvalue weighted by Gasteiger charge is 2.14. The average Bonchev–Trinajstić information content (AvgIpc) is 3.07. The quantitative estimate of drug-likeness (QED) is 0.656. The van der Waals surface area contributed by atoms with Gasteiger partial charge in [-0.2, -0.15) is 0 Å². The molecule has 0 aliphatic rings. The van der Waals surface area contributed by atoms with Gasteiger partial charge in [0.15, 0.2) is 0 Å². The highest BCUT2D eigenvalue weighted by Crippen LogP contribution is 2.25. The summed E-state index contributed by atoms with van der Waals surface area (Å²) in [6, 6.07) is 13.2. The van der Waals surface area contributed by atoms with E-state index in [-0.39, 0.29) is 11.3 Å². The number of carbonyl (C=O) groups is 1. The zero-order valence-corrected chi connectivity index (χ0v) is 16.1. The molecule has 27 heavy (non-hydrogen) atoms. The van der Waals surface area contributed by atoms with E-state index in [1.54, 1.807) is 30.3 Å². The topological polar surface area (TPSA) is 99.2 Å². The molecule has 1 heterocycles. The van der Waals surface area contributed by atoms with Crippen molar-refractivity contribution in [3.63, 3.8) is 0 Å². The fourth-order valence-electron chi connectivity index (χ4n) is 2.53. The number of aryl methyl sites for hydroxylation is 2. The van der Waals surface area contributed by atoms with Crippen molar-refractivity contribution in [1.29, 1.82) is 0 Å². The first kappa shape index (κ1) is 19.1. The Hall–Kier alpha value is -2.71. The van der Waals surface area contributed by atoms with E-state index in [4.69, 9.17) is 0 Å². The smallest absolute Gasteiger partial charge is 0.261 e. The third-order valence-electron chi connectivity index (χ3n) is 3.88. The Kier molecular flexibility index (Phi) is 5.57. The van der Waals surface area contributed by atoms with Gasteiger partial charge in [-0.25, -0.2) is 13.4 Å². The minimum Gasteiger partial charge on any atom is -0.550 e. The van der Waals surface area contributed by atoms with Crippen LogP contribution in [0.3, 0.4) is 0 Å². The maximum absolute atomic E-state index is 12.6. The van der Waals surface area contributed by atoms with Crippen LogP contribution in [0.1, 0.15) is 17.0 Å². The summed E-state index contributed by atoms with van der Waals surface area (Å²) in [4.78, 5) is 15.0. The third kappa shape index (κ3) is 4.93. The predicted molar refractivity (Wildman–Crippen MR) is 103 cm³/mol. The first-order valence-electron chi connectivity index (χ1n) is 8.18. The Balaban J connectivity index is 1.77. The second-order valence-electron chi connectivity index (χ2n) is 5.95. The SMILES string of the molecule is Cc1nc(-c2cccc(NS(=O)(=O)c3ccc(CCC(=O)[O-])cc3)c2)cs1. The average molecular weight is 401 g/mol. The third-order valence-corrected chi connectivity index (χ3v) is 6.05. The molecule has 0 bridgehead atoms. The van der Waals surface area contributed by atoms with E-state index in [0.717, 1.165) is 21.8 Å². The minimum absolute atomic E-state index is 0.104. The Morgan fingerprint density at radius 1 is 1.19 bits per heavy atom. The molecule has 140 valence electrons.